The van der Waals surface area contributed by atoms with Crippen molar-refractivity contribution < 1.29 is 14.6 Å². The van der Waals surface area contributed by atoms with Crippen LogP contribution in [0.2, 0.25) is 5.02 Å². The van der Waals surface area contributed by atoms with Crippen LogP contribution >= 0.6 is 24.2 Å². The first-order valence-corrected chi connectivity index (χ1v) is 15.2. The van der Waals surface area contributed by atoms with E-state index < -0.39 is 11.5 Å². The fourth-order valence-corrected chi connectivity index (χ4v) is 5.70. The van der Waals surface area contributed by atoms with Crippen LogP contribution in [0.4, 0.5) is 0 Å². The Morgan fingerprint density at radius 1 is 1.05 bits per heavy atom. The van der Waals surface area contributed by atoms with Crippen LogP contribution in [0.25, 0.3) is 23.1 Å². The van der Waals surface area contributed by atoms with E-state index >= 15 is 0 Å². The van der Waals surface area contributed by atoms with Crippen molar-refractivity contribution in [2.24, 2.45) is 5.92 Å². The number of nitrogens with zero attached hydrogens (tertiary/aromatic N) is 1. The zero-order chi connectivity index (χ0) is 28.8. The molecule has 1 fully saturated rings. The predicted molar refractivity (Wildman–Crippen MR) is 178 cm³/mol. The van der Waals surface area contributed by atoms with E-state index in [0.29, 0.717) is 30.2 Å². The molecule has 4 aromatic rings. The molecule has 1 heterocycles. The molecule has 4 nitrogen and oxygen atoms in total. The molecule has 0 spiro atoms. The van der Waals surface area contributed by atoms with Crippen LogP contribution in [0.5, 0.6) is 0 Å². The molecule has 214 valence electrons. The van der Waals surface area contributed by atoms with Crippen molar-refractivity contribution in [3.63, 3.8) is 0 Å². The molecule has 3 aromatic carbocycles. The molecule has 3 unspecified atom stereocenters. The number of hydrogen-bond donors (Lipinski definition) is 2. The number of fused-ring (bicyclic) bond motifs is 1. The van der Waals surface area contributed by atoms with Gasteiger partial charge in [-0.15, -0.1) is 12.6 Å². The van der Waals surface area contributed by atoms with E-state index in [1.165, 1.54) is 5.56 Å². The van der Waals surface area contributed by atoms with Crippen LogP contribution in [0.3, 0.4) is 0 Å². The van der Waals surface area contributed by atoms with Gasteiger partial charge in [-0.25, -0.2) is 4.98 Å². The van der Waals surface area contributed by atoms with Crippen LogP contribution in [-0.4, -0.2) is 57.2 Å². The number of pyridine rings is 1. The second kappa shape index (κ2) is 15.6. The van der Waals surface area contributed by atoms with Crippen molar-refractivity contribution in [1.29, 1.82) is 0 Å². The number of carbonyl (C=O) groups is 1. The summed E-state index contributed by atoms with van der Waals surface area (Å²) >= 11 is 10.8. The number of rotatable bonds is 12. The van der Waals surface area contributed by atoms with Crippen molar-refractivity contribution in [2.75, 3.05) is 0 Å². The number of halogens is 1. The van der Waals surface area contributed by atoms with Gasteiger partial charge >= 0.3 is 35.5 Å². The van der Waals surface area contributed by atoms with Crippen LogP contribution < -0.4 is 0 Å². The molecule has 1 aliphatic carbocycles. The summed E-state index contributed by atoms with van der Waals surface area (Å²) in [4.78, 5) is 17.0. The molecule has 1 saturated carbocycles. The fourth-order valence-electron chi connectivity index (χ4n) is 5.27. The number of aliphatic hydroxyl groups is 1. The van der Waals surface area contributed by atoms with Crippen LogP contribution in [0.15, 0.2) is 78.9 Å². The Balaban J connectivity index is 0.00000405. The van der Waals surface area contributed by atoms with E-state index in [9.17, 15) is 9.90 Å². The van der Waals surface area contributed by atoms with Crippen LogP contribution in [-0.2, 0) is 16.0 Å². The van der Waals surface area contributed by atoms with Crippen molar-refractivity contribution in [1.82, 2.24) is 4.98 Å². The first-order valence-electron chi connectivity index (χ1n) is 14.3. The molecule has 0 amide bonds. The van der Waals surface area contributed by atoms with Gasteiger partial charge in [0.05, 0.1) is 17.3 Å². The molecular weight excluding hydrogens is 573 g/mol. The van der Waals surface area contributed by atoms with Gasteiger partial charge in [0.2, 0.25) is 0 Å². The van der Waals surface area contributed by atoms with Gasteiger partial charge in [-0.05, 0) is 91.5 Å². The number of hydrogen-bond acceptors (Lipinski definition) is 5. The second-order valence-electron chi connectivity index (χ2n) is 11.1. The molecule has 1 aliphatic rings. The number of thiol groups is 1. The van der Waals surface area contributed by atoms with Crippen molar-refractivity contribution >= 4 is 82.8 Å². The molecule has 0 bridgehead atoms. The first-order chi connectivity index (χ1) is 19.8. The summed E-state index contributed by atoms with van der Waals surface area (Å²) in [6, 6.07) is 26.6. The van der Waals surface area contributed by atoms with Gasteiger partial charge < -0.3 is 9.84 Å². The minimum absolute atomic E-state index is 0. The molecule has 1 N–H and O–H groups in total. The number of aliphatic hydroxyl groups excluding tert-OH is 1. The Kier molecular flexibility index (Phi) is 12.1. The van der Waals surface area contributed by atoms with E-state index in [0.717, 1.165) is 52.5 Å². The summed E-state index contributed by atoms with van der Waals surface area (Å²) in [5, 5.41) is 11.9. The average Bonchev–Trinajstić information content (AvgIpc) is 3.76. The number of benzene rings is 3. The van der Waals surface area contributed by atoms with E-state index in [2.05, 4.69) is 61.2 Å². The molecule has 7 heteroatoms. The molecule has 3 atom stereocenters. The number of carbonyl (C=O) groups excluding carboxylic acids is 1. The SMILES string of the molecule is CC(O)Cc1ccccc1C(CCC(S)OC(=O)CC1CC1)c1cccc(/C=C/c2ccc3ccc(Cl)cc3n2)c1.[NaH]. The van der Waals surface area contributed by atoms with Crippen molar-refractivity contribution in [2.45, 2.75) is 62.9 Å². The van der Waals surface area contributed by atoms with Gasteiger partial charge in [-0.3, -0.25) is 4.79 Å². The normalized spacial score (nSPS) is 15.2. The van der Waals surface area contributed by atoms with Crippen molar-refractivity contribution in [3.05, 3.63) is 112 Å². The zero-order valence-corrected chi connectivity index (χ0v) is 24.9. The predicted octanol–water partition coefficient (Wildman–Crippen LogP) is 7.84. The zero-order valence-electron chi connectivity index (χ0n) is 23.2. The van der Waals surface area contributed by atoms with Crippen molar-refractivity contribution in [3.8, 4) is 0 Å². The average molecular weight is 610 g/mol. The third-order valence-electron chi connectivity index (χ3n) is 7.50. The Bertz CT molecular complexity index is 1540. The summed E-state index contributed by atoms with van der Waals surface area (Å²) in [6.45, 7) is 1.81. The Morgan fingerprint density at radius 2 is 1.83 bits per heavy atom. The molecule has 5 rings (SSSR count). The Labute approximate surface area is 281 Å². The fraction of sp³-hybridized carbons (Fsp3) is 0.314. The Morgan fingerprint density at radius 3 is 2.62 bits per heavy atom. The molecule has 1 aromatic heterocycles. The van der Waals surface area contributed by atoms with Gasteiger partial charge in [0.15, 0.2) is 0 Å². The summed E-state index contributed by atoms with van der Waals surface area (Å²) in [6.07, 6.45) is 8.31. The standard InChI is InChI=1S/C35H36ClNO3S.Na.H/c1-23(38)19-27-6-2-3-8-31(27)32(17-18-35(41)40-34(39)21-25-9-10-25)28-7-4-5-24(20-28)11-15-30-16-13-26-12-14-29(36)22-33(26)37-30;;/h2-8,11-16,20,22-23,25,32,35,38,41H,9-10,17-19,21H2,1H3;;/b15-11+;;. The summed E-state index contributed by atoms with van der Waals surface area (Å²) in [5.74, 6) is 0.382. The third-order valence-corrected chi connectivity index (χ3v) is 8.10. The van der Waals surface area contributed by atoms with E-state index in [4.69, 9.17) is 21.3 Å². The van der Waals surface area contributed by atoms with Crippen LogP contribution in [0, 0.1) is 5.92 Å². The summed E-state index contributed by atoms with van der Waals surface area (Å²) in [7, 11) is 0. The molecular formula is C35H37ClNNaO3S. The van der Waals surface area contributed by atoms with E-state index in [1.807, 2.05) is 49.4 Å². The number of ether oxygens (including phenoxy) is 1. The molecule has 0 radical (unpaired) electrons. The number of esters is 1. The van der Waals surface area contributed by atoms with Gasteiger partial charge in [0, 0.05) is 22.7 Å². The third kappa shape index (κ3) is 9.44. The molecule has 42 heavy (non-hydrogen) atoms. The van der Waals surface area contributed by atoms with Crippen LogP contribution in [0.1, 0.15) is 72.9 Å². The molecule has 0 saturated heterocycles. The summed E-state index contributed by atoms with van der Waals surface area (Å²) < 4.78 is 5.63. The molecule has 0 aliphatic heterocycles. The van der Waals surface area contributed by atoms with Gasteiger partial charge in [-0.1, -0.05) is 78.3 Å². The second-order valence-corrected chi connectivity index (χ2v) is 12.1. The monoisotopic (exact) mass is 609 g/mol. The number of aromatic nitrogens is 1. The summed E-state index contributed by atoms with van der Waals surface area (Å²) in [5.41, 5.74) is 5.78. The first kappa shape index (κ1) is 32.8. The maximum atomic E-state index is 12.3. The maximum absolute atomic E-state index is 12.3. The van der Waals surface area contributed by atoms with Gasteiger partial charge in [0.25, 0.3) is 0 Å². The quantitative estimate of drug-likeness (QED) is 0.0743. The van der Waals surface area contributed by atoms with Gasteiger partial charge in [-0.2, -0.15) is 0 Å². The Hall–Kier alpha value is -2.12. The van der Waals surface area contributed by atoms with E-state index in [1.54, 1.807) is 0 Å². The van der Waals surface area contributed by atoms with Gasteiger partial charge in [0.1, 0.15) is 5.44 Å². The van der Waals surface area contributed by atoms with E-state index in [-0.39, 0.29) is 41.4 Å². The minimum atomic E-state index is -0.455. The topological polar surface area (TPSA) is 59.4 Å².